The molecule has 3 nitrogen and oxygen atoms in total. The molecule has 2 heterocycles. The van der Waals surface area contributed by atoms with Crippen molar-refractivity contribution in [1.29, 1.82) is 0 Å². The number of benzene rings is 2. The first-order chi connectivity index (χ1) is 10.9. The third kappa shape index (κ3) is 2.43. The van der Waals surface area contributed by atoms with Gasteiger partial charge in [0.15, 0.2) is 0 Å². The Balaban J connectivity index is 1.78. The molecule has 0 radical (unpaired) electrons. The molecule has 0 spiro atoms. The summed E-state index contributed by atoms with van der Waals surface area (Å²) in [5, 5.41) is 2.49. The van der Waals surface area contributed by atoms with Crippen LogP contribution in [0.5, 0.6) is 0 Å². The Labute approximate surface area is 130 Å². The summed E-state index contributed by atoms with van der Waals surface area (Å²) in [6.07, 6.45) is 5.68. The van der Waals surface area contributed by atoms with E-state index in [1.165, 1.54) is 35.6 Å². The van der Waals surface area contributed by atoms with E-state index in [1.54, 1.807) is 0 Å². The molecule has 0 amide bonds. The normalized spacial score (nSPS) is 15.2. The maximum absolute atomic E-state index is 4.83. The van der Waals surface area contributed by atoms with Crippen molar-refractivity contribution in [2.75, 3.05) is 18.0 Å². The van der Waals surface area contributed by atoms with E-state index in [0.717, 1.165) is 24.7 Å². The molecular weight excluding hydrogens is 270 g/mol. The van der Waals surface area contributed by atoms with E-state index in [9.17, 15) is 0 Å². The molecule has 110 valence electrons. The summed E-state index contributed by atoms with van der Waals surface area (Å²) in [6, 6.07) is 16.9. The number of rotatable bonds is 2. The Morgan fingerprint density at radius 2 is 1.64 bits per heavy atom. The highest BCUT2D eigenvalue weighted by molar-refractivity contribution is 5.95. The van der Waals surface area contributed by atoms with Crippen molar-refractivity contribution in [2.45, 2.75) is 19.3 Å². The van der Waals surface area contributed by atoms with Gasteiger partial charge in [0.2, 0.25) is 5.95 Å². The van der Waals surface area contributed by atoms with Gasteiger partial charge in [0.25, 0.3) is 0 Å². The lowest BCUT2D eigenvalue weighted by atomic mass is 10.0. The number of hydrogen-bond donors (Lipinski definition) is 0. The molecule has 0 bridgehead atoms. The average molecular weight is 289 g/mol. The van der Waals surface area contributed by atoms with Gasteiger partial charge in [-0.25, -0.2) is 9.97 Å². The number of fused-ring (bicyclic) bond motifs is 1. The van der Waals surface area contributed by atoms with Crippen molar-refractivity contribution in [3.8, 4) is 11.3 Å². The monoisotopic (exact) mass is 289 g/mol. The van der Waals surface area contributed by atoms with Gasteiger partial charge in [-0.1, -0.05) is 42.5 Å². The van der Waals surface area contributed by atoms with E-state index in [2.05, 4.69) is 52.3 Å². The topological polar surface area (TPSA) is 29.0 Å². The van der Waals surface area contributed by atoms with Crippen LogP contribution < -0.4 is 4.90 Å². The van der Waals surface area contributed by atoms with Gasteiger partial charge in [-0.05, 0) is 36.1 Å². The first-order valence-corrected chi connectivity index (χ1v) is 7.98. The number of hydrogen-bond acceptors (Lipinski definition) is 3. The molecule has 2 aromatic carbocycles. The van der Waals surface area contributed by atoms with Crippen LogP contribution in [-0.2, 0) is 0 Å². The molecule has 3 heteroatoms. The van der Waals surface area contributed by atoms with E-state index < -0.39 is 0 Å². The number of aromatic nitrogens is 2. The van der Waals surface area contributed by atoms with E-state index in [0.29, 0.717) is 0 Å². The van der Waals surface area contributed by atoms with Crippen LogP contribution in [0.25, 0.3) is 22.0 Å². The van der Waals surface area contributed by atoms with E-state index >= 15 is 0 Å². The molecule has 3 aromatic rings. The average Bonchev–Trinajstić information content (AvgIpc) is 2.62. The molecule has 0 atom stereocenters. The Kier molecular flexibility index (Phi) is 3.47. The quantitative estimate of drug-likeness (QED) is 0.705. The SMILES string of the molecule is c1ccc2c(-c3ccnc(N4CCCCC4)n3)cccc2c1. The highest BCUT2D eigenvalue weighted by atomic mass is 15.2. The molecule has 4 rings (SSSR count). The van der Waals surface area contributed by atoms with Crippen LogP contribution >= 0.6 is 0 Å². The summed E-state index contributed by atoms with van der Waals surface area (Å²) < 4.78 is 0. The predicted molar refractivity (Wildman–Crippen MR) is 91.0 cm³/mol. The van der Waals surface area contributed by atoms with Gasteiger partial charge in [0.1, 0.15) is 0 Å². The minimum absolute atomic E-state index is 0.866. The maximum Gasteiger partial charge on any atom is 0.225 e. The molecule has 1 fully saturated rings. The van der Waals surface area contributed by atoms with Crippen LogP contribution in [0.1, 0.15) is 19.3 Å². The molecule has 0 N–H and O–H groups in total. The first-order valence-electron chi connectivity index (χ1n) is 7.98. The summed E-state index contributed by atoms with van der Waals surface area (Å²) >= 11 is 0. The molecular formula is C19H19N3. The van der Waals surface area contributed by atoms with Gasteiger partial charge >= 0.3 is 0 Å². The number of nitrogens with zero attached hydrogens (tertiary/aromatic N) is 3. The lowest BCUT2D eigenvalue weighted by Crippen LogP contribution is -2.30. The van der Waals surface area contributed by atoms with E-state index in [1.807, 2.05) is 12.3 Å². The van der Waals surface area contributed by atoms with E-state index in [4.69, 9.17) is 4.98 Å². The highest BCUT2D eigenvalue weighted by Crippen LogP contribution is 2.28. The minimum atomic E-state index is 0.866. The fourth-order valence-corrected chi connectivity index (χ4v) is 3.19. The van der Waals surface area contributed by atoms with Crippen LogP contribution in [0.2, 0.25) is 0 Å². The summed E-state index contributed by atoms with van der Waals surface area (Å²) in [6.45, 7) is 2.14. The predicted octanol–water partition coefficient (Wildman–Crippen LogP) is 4.29. The van der Waals surface area contributed by atoms with Gasteiger partial charge in [-0.3, -0.25) is 0 Å². The maximum atomic E-state index is 4.83. The Morgan fingerprint density at radius 3 is 2.55 bits per heavy atom. The van der Waals surface area contributed by atoms with E-state index in [-0.39, 0.29) is 0 Å². The lowest BCUT2D eigenvalue weighted by Gasteiger charge is -2.26. The van der Waals surface area contributed by atoms with Gasteiger partial charge in [0, 0.05) is 24.8 Å². The first kappa shape index (κ1) is 13.3. The largest absolute Gasteiger partial charge is 0.341 e. The molecule has 0 aliphatic carbocycles. The zero-order valence-electron chi connectivity index (χ0n) is 12.6. The second kappa shape index (κ2) is 5.76. The fraction of sp³-hybridized carbons (Fsp3) is 0.263. The van der Waals surface area contributed by atoms with Crippen LogP contribution in [0, 0.1) is 0 Å². The molecule has 1 aliphatic rings. The van der Waals surface area contributed by atoms with Crippen molar-refractivity contribution in [1.82, 2.24) is 9.97 Å². The smallest absolute Gasteiger partial charge is 0.225 e. The Bertz CT molecular complexity index is 786. The summed E-state index contributed by atoms with van der Waals surface area (Å²) in [4.78, 5) is 11.6. The third-order valence-electron chi connectivity index (χ3n) is 4.35. The summed E-state index contributed by atoms with van der Waals surface area (Å²) in [5.41, 5.74) is 2.19. The zero-order chi connectivity index (χ0) is 14.8. The van der Waals surface area contributed by atoms with Gasteiger partial charge in [-0.2, -0.15) is 0 Å². The van der Waals surface area contributed by atoms with Crippen LogP contribution in [0.3, 0.4) is 0 Å². The van der Waals surface area contributed by atoms with Gasteiger partial charge < -0.3 is 4.90 Å². The highest BCUT2D eigenvalue weighted by Gasteiger charge is 2.14. The molecule has 22 heavy (non-hydrogen) atoms. The molecule has 0 unspecified atom stereocenters. The van der Waals surface area contributed by atoms with Gasteiger partial charge in [-0.15, -0.1) is 0 Å². The zero-order valence-corrected chi connectivity index (χ0v) is 12.6. The van der Waals surface area contributed by atoms with Gasteiger partial charge in [0.05, 0.1) is 5.69 Å². The second-order valence-corrected chi connectivity index (χ2v) is 5.82. The Hall–Kier alpha value is -2.42. The van der Waals surface area contributed by atoms with Crippen molar-refractivity contribution in [2.24, 2.45) is 0 Å². The number of piperidine rings is 1. The number of anilines is 1. The standard InChI is InChI=1S/C19H19N3/c1-4-13-22(14-5-1)19-20-12-11-18(21-19)17-10-6-8-15-7-2-3-9-16(15)17/h2-3,6-12H,1,4-5,13-14H2. The van der Waals surface area contributed by atoms with Crippen molar-refractivity contribution >= 4 is 16.7 Å². The van der Waals surface area contributed by atoms with Crippen molar-refractivity contribution in [3.05, 3.63) is 54.7 Å². The summed E-state index contributed by atoms with van der Waals surface area (Å²) in [7, 11) is 0. The van der Waals surface area contributed by atoms with Crippen molar-refractivity contribution in [3.63, 3.8) is 0 Å². The van der Waals surface area contributed by atoms with Crippen LogP contribution in [0.4, 0.5) is 5.95 Å². The fourth-order valence-electron chi connectivity index (χ4n) is 3.19. The Morgan fingerprint density at radius 1 is 0.818 bits per heavy atom. The second-order valence-electron chi connectivity index (χ2n) is 5.82. The molecule has 0 saturated carbocycles. The lowest BCUT2D eigenvalue weighted by molar-refractivity contribution is 0.568. The van der Waals surface area contributed by atoms with Crippen molar-refractivity contribution < 1.29 is 0 Å². The van der Waals surface area contributed by atoms with Crippen LogP contribution in [-0.4, -0.2) is 23.1 Å². The summed E-state index contributed by atoms with van der Waals surface area (Å²) in [5.74, 6) is 0.866. The third-order valence-corrected chi connectivity index (χ3v) is 4.35. The molecule has 1 saturated heterocycles. The molecule has 1 aliphatic heterocycles. The minimum Gasteiger partial charge on any atom is -0.341 e. The van der Waals surface area contributed by atoms with Crippen LogP contribution in [0.15, 0.2) is 54.7 Å². The molecule has 1 aromatic heterocycles.